The van der Waals surface area contributed by atoms with Crippen molar-refractivity contribution in [2.24, 2.45) is 0 Å². The van der Waals surface area contributed by atoms with E-state index in [-0.39, 0.29) is 11.9 Å². The molecule has 0 fully saturated rings. The number of imidazole rings is 1. The van der Waals surface area contributed by atoms with Gasteiger partial charge in [0.2, 0.25) is 0 Å². The summed E-state index contributed by atoms with van der Waals surface area (Å²) in [5.41, 5.74) is 1.70. The fourth-order valence-corrected chi connectivity index (χ4v) is 1.70. The van der Waals surface area contributed by atoms with E-state index in [0.29, 0.717) is 5.69 Å². The number of H-pyrrole nitrogens is 1. The number of carbonyl (C=O) groups excluding carboxylic acids is 1. The third-order valence-electron chi connectivity index (χ3n) is 2.51. The second kappa shape index (κ2) is 5.30. The van der Waals surface area contributed by atoms with E-state index in [1.54, 1.807) is 0 Å². The molecule has 2 aromatic rings. The molecule has 0 saturated heterocycles. The Bertz CT molecular complexity index is 465. The summed E-state index contributed by atoms with van der Waals surface area (Å²) in [4.78, 5) is 18.3. The number of carbonyl (C=O) groups is 1. The van der Waals surface area contributed by atoms with Gasteiger partial charge < -0.3 is 10.3 Å². The number of benzene rings is 1. The maximum absolute atomic E-state index is 11.7. The topological polar surface area (TPSA) is 57.8 Å². The molecule has 4 heteroatoms. The first-order valence-corrected chi connectivity index (χ1v) is 5.59. The van der Waals surface area contributed by atoms with Gasteiger partial charge in [-0.05, 0) is 18.9 Å². The number of aromatic amines is 1. The second-order valence-corrected chi connectivity index (χ2v) is 4.03. The van der Waals surface area contributed by atoms with Crippen LogP contribution in [0.25, 0.3) is 0 Å². The SMILES string of the molecule is C[C@@H](Cc1ccccc1)NC(=O)c1cnc[nH]1. The van der Waals surface area contributed by atoms with E-state index in [4.69, 9.17) is 0 Å². The highest BCUT2D eigenvalue weighted by atomic mass is 16.1. The number of nitrogens with one attached hydrogen (secondary N) is 2. The zero-order valence-corrected chi connectivity index (χ0v) is 9.68. The molecule has 0 radical (unpaired) electrons. The number of aromatic nitrogens is 2. The van der Waals surface area contributed by atoms with Crippen molar-refractivity contribution in [2.75, 3.05) is 0 Å². The molecule has 0 aliphatic carbocycles. The van der Waals surface area contributed by atoms with Gasteiger partial charge >= 0.3 is 0 Å². The summed E-state index contributed by atoms with van der Waals surface area (Å²) in [7, 11) is 0. The standard InChI is InChI=1S/C13H15N3O/c1-10(7-11-5-3-2-4-6-11)16-13(17)12-8-14-9-15-12/h2-6,8-10H,7H2,1H3,(H,14,15)(H,16,17)/t10-/m0/s1. The molecular formula is C13H15N3O. The van der Waals surface area contributed by atoms with E-state index >= 15 is 0 Å². The molecular weight excluding hydrogens is 214 g/mol. The number of hydrogen-bond donors (Lipinski definition) is 2. The summed E-state index contributed by atoms with van der Waals surface area (Å²) >= 11 is 0. The van der Waals surface area contributed by atoms with Gasteiger partial charge in [0.25, 0.3) is 5.91 Å². The van der Waals surface area contributed by atoms with E-state index in [0.717, 1.165) is 6.42 Å². The molecule has 1 heterocycles. The second-order valence-electron chi connectivity index (χ2n) is 4.03. The zero-order valence-electron chi connectivity index (χ0n) is 9.68. The van der Waals surface area contributed by atoms with Crippen LogP contribution in [0, 0.1) is 0 Å². The van der Waals surface area contributed by atoms with Crippen molar-refractivity contribution in [3.8, 4) is 0 Å². The highest BCUT2D eigenvalue weighted by molar-refractivity contribution is 5.92. The maximum atomic E-state index is 11.7. The van der Waals surface area contributed by atoms with Crippen LogP contribution in [0.1, 0.15) is 23.0 Å². The minimum Gasteiger partial charge on any atom is -0.348 e. The van der Waals surface area contributed by atoms with Crippen molar-refractivity contribution in [1.82, 2.24) is 15.3 Å². The summed E-state index contributed by atoms with van der Waals surface area (Å²) in [6.45, 7) is 1.99. The Kier molecular flexibility index (Phi) is 3.55. The molecule has 4 nitrogen and oxygen atoms in total. The monoisotopic (exact) mass is 229 g/mol. The molecule has 1 atom stereocenters. The quantitative estimate of drug-likeness (QED) is 0.839. The van der Waals surface area contributed by atoms with Crippen LogP contribution >= 0.6 is 0 Å². The highest BCUT2D eigenvalue weighted by Crippen LogP contribution is 2.03. The minimum absolute atomic E-state index is 0.0909. The lowest BCUT2D eigenvalue weighted by atomic mass is 10.1. The molecule has 0 aliphatic rings. The smallest absolute Gasteiger partial charge is 0.269 e. The Balaban J connectivity index is 1.90. The molecule has 17 heavy (non-hydrogen) atoms. The van der Waals surface area contributed by atoms with Gasteiger partial charge in [0.15, 0.2) is 0 Å². The van der Waals surface area contributed by atoms with Crippen molar-refractivity contribution in [3.63, 3.8) is 0 Å². The van der Waals surface area contributed by atoms with Crippen LogP contribution in [0.3, 0.4) is 0 Å². The molecule has 0 unspecified atom stereocenters. The van der Waals surface area contributed by atoms with Gasteiger partial charge in [-0.15, -0.1) is 0 Å². The fraction of sp³-hybridized carbons (Fsp3) is 0.231. The van der Waals surface area contributed by atoms with E-state index < -0.39 is 0 Å². The molecule has 1 aromatic carbocycles. The van der Waals surface area contributed by atoms with Crippen molar-refractivity contribution in [1.29, 1.82) is 0 Å². The van der Waals surface area contributed by atoms with Crippen molar-refractivity contribution in [2.45, 2.75) is 19.4 Å². The van der Waals surface area contributed by atoms with E-state index in [9.17, 15) is 4.79 Å². The summed E-state index contributed by atoms with van der Waals surface area (Å²) in [5, 5.41) is 2.92. The van der Waals surface area contributed by atoms with Crippen LogP contribution in [0.5, 0.6) is 0 Å². The average molecular weight is 229 g/mol. The lowest BCUT2D eigenvalue weighted by Crippen LogP contribution is -2.34. The van der Waals surface area contributed by atoms with E-state index in [1.165, 1.54) is 18.1 Å². The summed E-state index contributed by atoms with van der Waals surface area (Å²) in [5.74, 6) is -0.120. The van der Waals surface area contributed by atoms with Crippen LogP contribution in [0.4, 0.5) is 0 Å². The van der Waals surface area contributed by atoms with Gasteiger partial charge in [-0.3, -0.25) is 4.79 Å². The van der Waals surface area contributed by atoms with Crippen molar-refractivity contribution >= 4 is 5.91 Å². The minimum atomic E-state index is -0.120. The summed E-state index contributed by atoms with van der Waals surface area (Å²) in [6, 6.07) is 10.2. The van der Waals surface area contributed by atoms with Gasteiger partial charge in [-0.25, -0.2) is 4.98 Å². The van der Waals surface area contributed by atoms with Gasteiger partial charge in [-0.2, -0.15) is 0 Å². The molecule has 2 N–H and O–H groups in total. The first-order valence-electron chi connectivity index (χ1n) is 5.59. The van der Waals surface area contributed by atoms with E-state index in [2.05, 4.69) is 27.4 Å². The largest absolute Gasteiger partial charge is 0.348 e. The number of nitrogens with zero attached hydrogens (tertiary/aromatic N) is 1. The van der Waals surface area contributed by atoms with Crippen molar-refractivity contribution in [3.05, 3.63) is 54.1 Å². The normalized spacial score (nSPS) is 12.1. The highest BCUT2D eigenvalue weighted by Gasteiger charge is 2.10. The van der Waals surface area contributed by atoms with Crippen LogP contribution < -0.4 is 5.32 Å². The Morgan fingerprint density at radius 2 is 2.18 bits per heavy atom. The summed E-state index contributed by atoms with van der Waals surface area (Å²) in [6.07, 6.45) is 3.84. The molecule has 0 aliphatic heterocycles. The van der Waals surface area contributed by atoms with Crippen LogP contribution in [-0.4, -0.2) is 21.9 Å². The zero-order chi connectivity index (χ0) is 12.1. The van der Waals surface area contributed by atoms with Gasteiger partial charge in [0.05, 0.1) is 12.5 Å². The van der Waals surface area contributed by atoms with Gasteiger partial charge in [0, 0.05) is 6.04 Å². The lowest BCUT2D eigenvalue weighted by Gasteiger charge is -2.13. The van der Waals surface area contributed by atoms with Gasteiger partial charge in [0.1, 0.15) is 5.69 Å². The number of amides is 1. The first kappa shape index (κ1) is 11.4. The first-order chi connectivity index (χ1) is 8.25. The van der Waals surface area contributed by atoms with Crippen LogP contribution in [0.15, 0.2) is 42.9 Å². The third kappa shape index (κ3) is 3.17. The van der Waals surface area contributed by atoms with E-state index in [1.807, 2.05) is 25.1 Å². The molecule has 2 rings (SSSR count). The van der Waals surface area contributed by atoms with Crippen molar-refractivity contribution < 1.29 is 4.79 Å². The Morgan fingerprint density at radius 3 is 2.82 bits per heavy atom. The van der Waals surface area contributed by atoms with Crippen LogP contribution in [0.2, 0.25) is 0 Å². The molecule has 0 bridgehead atoms. The predicted molar refractivity (Wildman–Crippen MR) is 65.7 cm³/mol. The molecule has 1 aromatic heterocycles. The molecule has 0 saturated carbocycles. The molecule has 1 amide bonds. The van der Waals surface area contributed by atoms with Gasteiger partial charge in [-0.1, -0.05) is 30.3 Å². The number of rotatable bonds is 4. The lowest BCUT2D eigenvalue weighted by molar-refractivity contribution is 0.0935. The maximum Gasteiger partial charge on any atom is 0.269 e. The van der Waals surface area contributed by atoms with Crippen LogP contribution in [-0.2, 0) is 6.42 Å². The molecule has 88 valence electrons. The molecule has 0 spiro atoms. The Labute approximate surface area is 100 Å². The number of hydrogen-bond acceptors (Lipinski definition) is 2. The Morgan fingerprint density at radius 1 is 1.41 bits per heavy atom. The average Bonchev–Trinajstić information content (AvgIpc) is 2.83. The summed E-state index contributed by atoms with van der Waals surface area (Å²) < 4.78 is 0. The third-order valence-corrected chi connectivity index (χ3v) is 2.51. The Hall–Kier alpha value is -2.10. The fourth-order valence-electron chi connectivity index (χ4n) is 1.70. The predicted octanol–water partition coefficient (Wildman–Crippen LogP) is 1.77.